The normalized spacial score (nSPS) is 10.3. The van der Waals surface area contributed by atoms with Gasteiger partial charge in [0.05, 0.1) is 17.4 Å². The van der Waals surface area contributed by atoms with Crippen molar-refractivity contribution in [2.45, 2.75) is 13.3 Å². The first-order chi connectivity index (χ1) is 13.4. The Kier molecular flexibility index (Phi) is 7.66. The first-order valence-corrected chi connectivity index (χ1v) is 8.54. The summed E-state index contributed by atoms with van der Waals surface area (Å²) in [5, 5.41) is 7.08. The van der Waals surface area contributed by atoms with Crippen molar-refractivity contribution in [2.75, 3.05) is 13.6 Å². The zero-order chi connectivity index (χ0) is 20.4. The Morgan fingerprint density at radius 3 is 2.18 bits per heavy atom. The minimum absolute atomic E-state index is 0.275. The molecule has 0 spiro atoms. The smallest absolute Gasteiger partial charge is 0.406 e. The zero-order valence-electron chi connectivity index (χ0n) is 15.5. The second kappa shape index (κ2) is 10.2. The molecule has 0 fully saturated rings. The SMILES string of the molecule is CCNC.FC(F)(F)Oc1ccc(-n2cc(C#Cc3ccccc3)cn2)cc1. The molecule has 0 aliphatic carbocycles. The number of rotatable bonds is 3. The van der Waals surface area contributed by atoms with E-state index in [2.05, 4.69) is 33.9 Å². The number of benzene rings is 2. The Morgan fingerprint density at radius 2 is 1.61 bits per heavy atom. The van der Waals surface area contributed by atoms with E-state index in [1.807, 2.05) is 37.4 Å². The lowest BCUT2D eigenvalue weighted by Gasteiger charge is -2.09. The number of ether oxygens (including phenoxy) is 1. The van der Waals surface area contributed by atoms with E-state index in [0.717, 1.165) is 12.1 Å². The molecule has 0 amide bonds. The van der Waals surface area contributed by atoms with E-state index in [9.17, 15) is 13.2 Å². The summed E-state index contributed by atoms with van der Waals surface area (Å²) < 4.78 is 41.8. The van der Waals surface area contributed by atoms with E-state index in [0.29, 0.717) is 11.3 Å². The molecule has 1 heterocycles. The Bertz CT molecular complexity index is 906. The Hall–Kier alpha value is -3.24. The average Bonchev–Trinajstić information content (AvgIpc) is 3.16. The topological polar surface area (TPSA) is 39.1 Å². The predicted octanol–water partition coefficient (Wildman–Crippen LogP) is 4.40. The molecule has 4 nitrogen and oxygen atoms in total. The fourth-order valence-corrected chi connectivity index (χ4v) is 1.99. The van der Waals surface area contributed by atoms with Crippen LogP contribution in [0.25, 0.3) is 5.69 Å². The molecular formula is C21H20F3N3O. The maximum atomic E-state index is 12.1. The van der Waals surface area contributed by atoms with Gasteiger partial charge in [0.2, 0.25) is 0 Å². The second-order valence-corrected chi connectivity index (χ2v) is 5.54. The summed E-state index contributed by atoms with van der Waals surface area (Å²) in [7, 11) is 1.93. The Morgan fingerprint density at radius 1 is 1.00 bits per heavy atom. The fourth-order valence-electron chi connectivity index (χ4n) is 1.99. The molecule has 1 N–H and O–H groups in total. The molecule has 0 aliphatic rings. The highest BCUT2D eigenvalue weighted by molar-refractivity contribution is 5.43. The Labute approximate surface area is 162 Å². The van der Waals surface area contributed by atoms with E-state index in [1.165, 1.54) is 28.9 Å². The molecule has 0 aliphatic heterocycles. The van der Waals surface area contributed by atoms with Gasteiger partial charge in [-0.2, -0.15) is 5.10 Å². The summed E-state index contributed by atoms with van der Waals surface area (Å²) in [5.74, 6) is 5.72. The fraction of sp³-hybridized carbons (Fsp3) is 0.190. The van der Waals surface area contributed by atoms with Crippen molar-refractivity contribution in [3.05, 3.63) is 78.1 Å². The number of nitrogens with zero attached hydrogens (tertiary/aromatic N) is 2. The van der Waals surface area contributed by atoms with Crippen LogP contribution in [-0.2, 0) is 0 Å². The summed E-state index contributed by atoms with van der Waals surface area (Å²) in [6.07, 6.45) is -1.40. The maximum absolute atomic E-state index is 12.1. The van der Waals surface area contributed by atoms with Gasteiger partial charge in [0.25, 0.3) is 0 Å². The van der Waals surface area contributed by atoms with E-state index >= 15 is 0 Å². The number of alkyl halides is 3. The number of aromatic nitrogens is 2. The average molecular weight is 387 g/mol. The van der Waals surface area contributed by atoms with Crippen LogP contribution in [0, 0.1) is 11.8 Å². The van der Waals surface area contributed by atoms with Crippen molar-refractivity contribution in [2.24, 2.45) is 0 Å². The van der Waals surface area contributed by atoms with E-state index in [1.54, 1.807) is 12.4 Å². The van der Waals surface area contributed by atoms with Gasteiger partial charge in [-0.05, 0) is 50.0 Å². The minimum Gasteiger partial charge on any atom is -0.406 e. The third-order valence-corrected chi connectivity index (χ3v) is 3.40. The highest BCUT2D eigenvalue weighted by Gasteiger charge is 2.30. The molecule has 3 aromatic rings. The molecule has 3 rings (SSSR count). The third-order valence-electron chi connectivity index (χ3n) is 3.40. The number of hydrogen-bond donors (Lipinski definition) is 1. The molecule has 0 bridgehead atoms. The van der Waals surface area contributed by atoms with E-state index in [4.69, 9.17) is 0 Å². The maximum Gasteiger partial charge on any atom is 0.573 e. The number of hydrogen-bond acceptors (Lipinski definition) is 3. The molecule has 0 unspecified atom stereocenters. The van der Waals surface area contributed by atoms with Crippen LogP contribution in [0.4, 0.5) is 13.2 Å². The lowest BCUT2D eigenvalue weighted by Crippen LogP contribution is -2.17. The lowest BCUT2D eigenvalue weighted by molar-refractivity contribution is -0.274. The van der Waals surface area contributed by atoms with Crippen LogP contribution in [0.5, 0.6) is 5.75 Å². The van der Waals surface area contributed by atoms with Crippen LogP contribution in [0.1, 0.15) is 18.1 Å². The molecule has 2 aromatic carbocycles. The predicted molar refractivity (Wildman–Crippen MR) is 102 cm³/mol. The van der Waals surface area contributed by atoms with Crippen LogP contribution in [0.15, 0.2) is 67.0 Å². The summed E-state index contributed by atoms with van der Waals surface area (Å²) in [4.78, 5) is 0. The van der Waals surface area contributed by atoms with Crippen molar-refractivity contribution >= 4 is 0 Å². The van der Waals surface area contributed by atoms with Crippen LogP contribution in [0.3, 0.4) is 0 Å². The number of halogens is 3. The summed E-state index contributed by atoms with van der Waals surface area (Å²) >= 11 is 0. The van der Waals surface area contributed by atoms with Gasteiger partial charge in [0.1, 0.15) is 5.75 Å². The molecular weight excluding hydrogens is 367 g/mol. The molecule has 0 radical (unpaired) electrons. The van der Waals surface area contributed by atoms with Gasteiger partial charge in [-0.1, -0.05) is 37.0 Å². The monoisotopic (exact) mass is 387 g/mol. The van der Waals surface area contributed by atoms with Crippen molar-refractivity contribution < 1.29 is 17.9 Å². The lowest BCUT2D eigenvalue weighted by atomic mass is 10.2. The molecule has 1 aromatic heterocycles. The molecule has 28 heavy (non-hydrogen) atoms. The van der Waals surface area contributed by atoms with Gasteiger partial charge < -0.3 is 10.1 Å². The molecule has 0 saturated heterocycles. The highest BCUT2D eigenvalue weighted by atomic mass is 19.4. The van der Waals surface area contributed by atoms with Crippen molar-refractivity contribution in [1.82, 2.24) is 15.1 Å². The van der Waals surface area contributed by atoms with Crippen LogP contribution in [-0.4, -0.2) is 29.7 Å². The quantitative estimate of drug-likeness (QED) is 0.678. The van der Waals surface area contributed by atoms with Gasteiger partial charge in [0.15, 0.2) is 0 Å². The van der Waals surface area contributed by atoms with Gasteiger partial charge >= 0.3 is 6.36 Å². The highest BCUT2D eigenvalue weighted by Crippen LogP contribution is 2.23. The largest absolute Gasteiger partial charge is 0.573 e. The second-order valence-electron chi connectivity index (χ2n) is 5.54. The van der Waals surface area contributed by atoms with E-state index < -0.39 is 6.36 Å². The van der Waals surface area contributed by atoms with Crippen LogP contribution >= 0.6 is 0 Å². The van der Waals surface area contributed by atoms with Crippen molar-refractivity contribution in [3.63, 3.8) is 0 Å². The molecule has 146 valence electrons. The minimum atomic E-state index is -4.70. The van der Waals surface area contributed by atoms with Gasteiger partial charge in [-0.15, -0.1) is 13.2 Å². The first kappa shape index (κ1) is 21.1. The molecule has 0 saturated carbocycles. The van der Waals surface area contributed by atoms with Gasteiger partial charge in [-0.3, -0.25) is 0 Å². The zero-order valence-corrected chi connectivity index (χ0v) is 15.5. The first-order valence-electron chi connectivity index (χ1n) is 8.54. The van der Waals surface area contributed by atoms with Crippen LogP contribution in [0.2, 0.25) is 0 Å². The van der Waals surface area contributed by atoms with Crippen molar-refractivity contribution in [3.8, 4) is 23.3 Å². The summed E-state index contributed by atoms with van der Waals surface area (Å²) in [6, 6.07) is 15.0. The summed E-state index contributed by atoms with van der Waals surface area (Å²) in [5.41, 5.74) is 2.20. The molecule has 0 atom stereocenters. The standard InChI is InChI=1S/C18H11F3N2O.C3H9N/c19-18(20,21)24-17-10-8-16(9-11-17)23-13-15(12-22-23)7-6-14-4-2-1-3-5-14;1-3-4-2/h1-5,8-13H;4H,3H2,1-2H3. The molecule has 7 heteroatoms. The summed E-state index contributed by atoms with van der Waals surface area (Å²) in [6.45, 7) is 3.14. The van der Waals surface area contributed by atoms with Gasteiger partial charge in [-0.25, -0.2) is 4.68 Å². The van der Waals surface area contributed by atoms with E-state index in [-0.39, 0.29) is 5.75 Å². The van der Waals surface area contributed by atoms with Crippen LogP contribution < -0.4 is 10.1 Å². The van der Waals surface area contributed by atoms with Crippen molar-refractivity contribution in [1.29, 1.82) is 0 Å². The van der Waals surface area contributed by atoms with Gasteiger partial charge in [0, 0.05) is 11.8 Å². The Balaban J connectivity index is 0.000000640. The third kappa shape index (κ3) is 7.17. The number of nitrogens with one attached hydrogen (secondary N) is 1.